The summed E-state index contributed by atoms with van der Waals surface area (Å²) in [5, 5.41) is 8.94. The van der Waals surface area contributed by atoms with Crippen LogP contribution in [0.1, 0.15) is 19.8 Å². The number of halogens is 1. The fraction of sp³-hybridized carbons (Fsp3) is 0.857. The monoisotopic (exact) mass is 180 g/mol. The summed E-state index contributed by atoms with van der Waals surface area (Å²) >= 11 is 5.31. The Bertz CT molecular complexity index is 116. The molecule has 0 fully saturated rings. The molecule has 0 aliphatic heterocycles. The lowest BCUT2D eigenvalue weighted by atomic mass is 10.2. The Hall–Kier alpha value is -0.280. The van der Waals surface area contributed by atoms with Crippen LogP contribution in [0.25, 0.3) is 0 Å². The van der Waals surface area contributed by atoms with E-state index in [0.29, 0.717) is 13.0 Å². The number of carbonyl (C=O) groups is 1. The first-order chi connectivity index (χ1) is 5.20. The normalized spacial score (nSPS) is 12.6. The molecule has 0 aromatic carbocycles. The van der Waals surface area contributed by atoms with Crippen molar-refractivity contribution in [1.29, 1.82) is 0 Å². The van der Waals surface area contributed by atoms with E-state index in [1.807, 2.05) is 0 Å². The van der Waals surface area contributed by atoms with Gasteiger partial charge in [-0.2, -0.15) is 0 Å². The Labute approximate surface area is 71.3 Å². The van der Waals surface area contributed by atoms with Crippen molar-refractivity contribution in [3.05, 3.63) is 0 Å². The summed E-state index contributed by atoms with van der Waals surface area (Å²) in [4.78, 5) is 10.7. The molecule has 0 saturated heterocycles. The van der Waals surface area contributed by atoms with Crippen LogP contribution in [0, 0.1) is 0 Å². The Morgan fingerprint density at radius 3 is 2.82 bits per heavy atom. The van der Waals surface area contributed by atoms with Crippen LogP contribution < -0.4 is 0 Å². The van der Waals surface area contributed by atoms with E-state index in [1.165, 1.54) is 0 Å². The predicted octanol–water partition coefficient (Wildman–Crippen LogP) is 0.929. The highest BCUT2D eigenvalue weighted by Gasteiger charge is 2.06. The number of esters is 1. The fourth-order valence-electron chi connectivity index (χ4n) is 0.595. The van der Waals surface area contributed by atoms with Crippen LogP contribution >= 0.6 is 11.6 Å². The number of alkyl halides is 1. The molecule has 0 rings (SSSR count). The Kier molecular flexibility index (Phi) is 6.27. The van der Waals surface area contributed by atoms with Gasteiger partial charge in [-0.1, -0.05) is 0 Å². The Morgan fingerprint density at radius 2 is 2.36 bits per heavy atom. The van der Waals surface area contributed by atoms with Gasteiger partial charge in [-0.15, -0.1) is 11.6 Å². The molecule has 0 saturated carbocycles. The maximum Gasteiger partial charge on any atom is 0.305 e. The average Bonchev–Trinajstić information content (AvgIpc) is 2.01. The number of hydrogen-bond donors (Lipinski definition) is 1. The highest BCUT2D eigenvalue weighted by molar-refractivity contribution is 6.18. The summed E-state index contributed by atoms with van der Waals surface area (Å²) in [6.45, 7) is 2.13. The second kappa shape index (κ2) is 6.43. The molecule has 0 heterocycles. The van der Waals surface area contributed by atoms with E-state index in [1.54, 1.807) is 6.92 Å². The first kappa shape index (κ1) is 10.7. The van der Waals surface area contributed by atoms with Crippen LogP contribution in [0.5, 0.6) is 0 Å². The number of carbonyl (C=O) groups excluding carboxylic acids is 1. The zero-order chi connectivity index (χ0) is 8.69. The smallest absolute Gasteiger partial charge is 0.305 e. The number of aliphatic hydroxyl groups excluding tert-OH is 1. The molecule has 0 unspecified atom stereocenters. The number of aliphatic hydroxyl groups is 1. The predicted molar refractivity (Wildman–Crippen MR) is 42.6 cm³/mol. The number of ether oxygens (including phenoxy) is 1. The van der Waals surface area contributed by atoms with Crippen LogP contribution in [0.4, 0.5) is 0 Å². The lowest BCUT2D eigenvalue weighted by molar-refractivity contribution is -0.143. The number of rotatable bonds is 5. The van der Waals surface area contributed by atoms with Gasteiger partial charge < -0.3 is 9.84 Å². The Balaban J connectivity index is 3.30. The van der Waals surface area contributed by atoms with Gasteiger partial charge in [0.15, 0.2) is 0 Å². The van der Waals surface area contributed by atoms with Gasteiger partial charge in [-0.3, -0.25) is 4.79 Å². The minimum absolute atomic E-state index is 0.166. The molecule has 1 atom stereocenters. The molecule has 0 aliphatic carbocycles. The van der Waals surface area contributed by atoms with Gasteiger partial charge in [0.1, 0.15) is 0 Å². The van der Waals surface area contributed by atoms with Crippen molar-refractivity contribution in [1.82, 2.24) is 0 Å². The molecule has 1 N–H and O–H groups in total. The summed E-state index contributed by atoms with van der Waals surface area (Å²) in [5.74, 6) is -0.115. The van der Waals surface area contributed by atoms with E-state index in [9.17, 15) is 4.79 Å². The van der Waals surface area contributed by atoms with Crippen molar-refractivity contribution in [2.75, 3.05) is 12.5 Å². The third-order valence-electron chi connectivity index (χ3n) is 1.17. The van der Waals surface area contributed by atoms with Crippen LogP contribution in [0.2, 0.25) is 0 Å². The molecule has 0 aromatic rings. The van der Waals surface area contributed by atoms with Gasteiger partial charge in [0.25, 0.3) is 0 Å². The first-order valence-electron chi connectivity index (χ1n) is 3.60. The van der Waals surface area contributed by atoms with E-state index in [2.05, 4.69) is 4.74 Å². The van der Waals surface area contributed by atoms with Crippen molar-refractivity contribution in [2.24, 2.45) is 0 Å². The van der Waals surface area contributed by atoms with E-state index >= 15 is 0 Å². The molecule has 0 bridgehead atoms. The highest BCUT2D eigenvalue weighted by Crippen LogP contribution is 2.00. The van der Waals surface area contributed by atoms with Crippen molar-refractivity contribution >= 4 is 17.6 Å². The molecule has 3 nitrogen and oxygen atoms in total. The minimum atomic E-state index is -0.596. The highest BCUT2D eigenvalue weighted by atomic mass is 35.5. The summed E-state index contributed by atoms with van der Waals surface area (Å²) in [6, 6.07) is 0. The fourth-order valence-corrected chi connectivity index (χ4v) is 0.749. The molecular formula is C7H13ClO3. The van der Waals surface area contributed by atoms with Gasteiger partial charge in [0.05, 0.1) is 12.7 Å². The summed E-state index contributed by atoms with van der Waals surface area (Å²) in [5.41, 5.74) is 0. The van der Waals surface area contributed by atoms with E-state index in [0.717, 1.165) is 0 Å². The quantitative estimate of drug-likeness (QED) is 0.506. The molecular weight excluding hydrogens is 168 g/mol. The summed E-state index contributed by atoms with van der Waals surface area (Å²) in [7, 11) is 0. The lowest BCUT2D eigenvalue weighted by Gasteiger charge is -2.04. The summed E-state index contributed by atoms with van der Waals surface area (Å²) < 4.78 is 4.64. The second-order valence-corrected chi connectivity index (χ2v) is 2.46. The molecule has 66 valence electrons. The molecule has 0 aromatic heterocycles. The largest absolute Gasteiger partial charge is 0.466 e. The van der Waals surface area contributed by atoms with Crippen molar-refractivity contribution in [2.45, 2.75) is 25.9 Å². The van der Waals surface area contributed by atoms with Crippen molar-refractivity contribution in [3.8, 4) is 0 Å². The maximum absolute atomic E-state index is 10.7. The van der Waals surface area contributed by atoms with E-state index in [-0.39, 0.29) is 18.3 Å². The number of hydrogen-bond acceptors (Lipinski definition) is 3. The second-order valence-electron chi connectivity index (χ2n) is 2.15. The average molecular weight is 181 g/mol. The standard InChI is InChI=1S/C7H13ClO3/c1-2-11-7(10)4-3-6(9)5-8/h6,9H,2-5H2,1H3/t6-/m0/s1. The molecule has 0 aliphatic rings. The third kappa shape index (κ3) is 6.13. The van der Waals surface area contributed by atoms with Crippen LogP contribution in [-0.2, 0) is 9.53 Å². The molecule has 11 heavy (non-hydrogen) atoms. The minimum Gasteiger partial charge on any atom is -0.466 e. The van der Waals surface area contributed by atoms with Gasteiger partial charge in [-0.05, 0) is 13.3 Å². The van der Waals surface area contributed by atoms with Crippen molar-refractivity contribution in [3.63, 3.8) is 0 Å². The van der Waals surface area contributed by atoms with Gasteiger partial charge in [0, 0.05) is 12.3 Å². The van der Waals surface area contributed by atoms with Gasteiger partial charge in [-0.25, -0.2) is 0 Å². The molecule has 4 heteroatoms. The van der Waals surface area contributed by atoms with Crippen molar-refractivity contribution < 1.29 is 14.6 Å². The van der Waals surface area contributed by atoms with Crippen LogP contribution in [-0.4, -0.2) is 29.7 Å². The Morgan fingerprint density at radius 1 is 1.73 bits per heavy atom. The van der Waals surface area contributed by atoms with Gasteiger partial charge >= 0.3 is 5.97 Å². The molecule has 0 amide bonds. The molecule has 0 radical (unpaired) electrons. The zero-order valence-corrected chi connectivity index (χ0v) is 7.30. The van der Waals surface area contributed by atoms with E-state index in [4.69, 9.17) is 16.7 Å². The molecule has 0 spiro atoms. The maximum atomic E-state index is 10.7. The SMILES string of the molecule is CCOC(=O)CC[C@H](O)CCl. The lowest BCUT2D eigenvalue weighted by Crippen LogP contribution is -2.12. The van der Waals surface area contributed by atoms with Crippen LogP contribution in [0.3, 0.4) is 0 Å². The summed E-state index contributed by atoms with van der Waals surface area (Å²) in [6.07, 6.45) is 0.0189. The van der Waals surface area contributed by atoms with Gasteiger partial charge in [0.2, 0.25) is 0 Å². The topological polar surface area (TPSA) is 46.5 Å². The van der Waals surface area contributed by atoms with Crippen LogP contribution in [0.15, 0.2) is 0 Å². The van der Waals surface area contributed by atoms with E-state index < -0.39 is 6.10 Å². The zero-order valence-electron chi connectivity index (χ0n) is 6.55. The third-order valence-corrected chi connectivity index (χ3v) is 1.52. The first-order valence-corrected chi connectivity index (χ1v) is 4.13.